The number of anilines is 2. The monoisotopic (exact) mass is 406 g/mol. The van der Waals surface area contributed by atoms with Gasteiger partial charge in [-0.3, -0.25) is 4.90 Å². The van der Waals surface area contributed by atoms with E-state index in [2.05, 4.69) is 87.5 Å². The van der Waals surface area contributed by atoms with Crippen LogP contribution >= 0.6 is 0 Å². The lowest BCUT2D eigenvalue weighted by atomic mass is 10.1. The Morgan fingerprint density at radius 2 is 1.57 bits per heavy atom. The number of nitrogens with two attached hydrogens (primary N) is 1. The average molecular weight is 407 g/mol. The molecule has 0 saturated carbocycles. The number of hydrogen-bond donors (Lipinski definition) is 2. The SMILES string of the molecule is CCc1ccc(NC2N=C(N)N=C(N3CCOCC3)N2c2ccc(CC)cc2)cc1. The Morgan fingerprint density at radius 3 is 2.17 bits per heavy atom. The number of aliphatic imine (C=N–C) groups is 2. The first-order chi connectivity index (χ1) is 14.7. The molecule has 0 bridgehead atoms. The maximum Gasteiger partial charge on any atom is 0.222 e. The minimum Gasteiger partial charge on any atom is -0.378 e. The predicted molar refractivity (Wildman–Crippen MR) is 123 cm³/mol. The summed E-state index contributed by atoms with van der Waals surface area (Å²) in [5.74, 6) is 1.08. The van der Waals surface area contributed by atoms with Crippen molar-refractivity contribution in [2.75, 3.05) is 36.5 Å². The van der Waals surface area contributed by atoms with Gasteiger partial charge in [-0.25, -0.2) is 4.99 Å². The van der Waals surface area contributed by atoms with Gasteiger partial charge in [-0.2, -0.15) is 4.99 Å². The van der Waals surface area contributed by atoms with E-state index in [1.54, 1.807) is 0 Å². The van der Waals surface area contributed by atoms with Crippen molar-refractivity contribution in [2.24, 2.45) is 15.7 Å². The predicted octanol–water partition coefficient (Wildman–Crippen LogP) is 3.03. The van der Waals surface area contributed by atoms with Crippen LogP contribution in [0, 0.1) is 0 Å². The van der Waals surface area contributed by atoms with Crippen LogP contribution in [0.25, 0.3) is 0 Å². The molecule has 0 aromatic heterocycles. The quantitative estimate of drug-likeness (QED) is 0.798. The summed E-state index contributed by atoms with van der Waals surface area (Å²) in [6.45, 7) is 7.21. The van der Waals surface area contributed by atoms with Crippen molar-refractivity contribution in [3.8, 4) is 0 Å². The molecule has 0 spiro atoms. The summed E-state index contributed by atoms with van der Waals surface area (Å²) in [7, 11) is 0. The highest BCUT2D eigenvalue weighted by atomic mass is 16.5. The third-order valence-corrected chi connectivity index (χ3v) is 5.50. The molecule has 30 heavy (non-hydrogen) atoms. The number of nitrogens with zero attached hydrogens (tertiary/aromatic N) is 4. The second-order valence-corrected chi connectivity index (χ2v) is 7.46. The zero-order valence-corrected chi connectivity index (χ0v) is 17.7. The summed E-state index contributed by atoms with van der Waals surface area (Å²) < 4.78 is 5.54. The zero-order chi connectivity index (χ0) is 20.9. The number of guanidine groups is 2. The van der Waals surface area contributed by atoms with Gasteiger partial charge < -0.3 is 20.7 Å². The van der Waals surface area contributed by atoms with Gasteiger partial charge in [0.15, 0.2) is 0 Å². The summed E-state index contributed by atoms with van der Waals surface area (Å²) in [6, 6.07) is 17.0. The molecule has 2 heterocycles. The lowest BCUT2D eigenvalue weighted by Gasteiger charge is -2.41. The van der Waals surface area contributed by atoms with Gasteiger partial charge in [0.1, 0.15) is 0 Å². The fourth-order valence-corrected chi connectivity index (χ4v) is 3.70. The van der Waals surface area contributed by atoms with Gasteiger partial charge in [0.05, 0.1) is 13.2 Å². The summed E-state index contributed by atoms with van der Waals surface area (Å²) in [6.07, 6.45) is 1.63. The number of morpholine rings is 1. The normalized spacial score (nSPS) is 19.3. The van der Waals surface area contributed by atoms with Crippen molar-refractivity contribution in [2.45, 2.75) is 33.0 Å². The van der Waals surface area contributed by atoms with E-state index in [0.29, 0.717) is 13.2 Å². The zero-order valence-electron chi connectivity index (χ0n) is 17.7. The van der Waals surface area contributed by atoms with Crippen molar-refractivity contribution < 1.29 is 4.74 Å². The van der Waals surface area contributed by atoms with E-state index < -0.39 is 0 Å². The molecule has 2 aromatic rings. The van der Waals surface area contributed by atoms with E-state index >= 15 is 0 Å². The third kappa shape index (κ3) is 4.41. The fraction of sp³-hybridized carbons (Fsp3) is 0.391. The summed E-state index contributed by atoms with van der Waals surface area (Å²) in [4.78, 5) is 13.6. The van der Waals surface area contributed by atoms with Crippen LogP contribution in [0.1, 0.15) is 25.0 Å². The summed E-state index contributed by atoms with van der Waals surface area (Å²) >= 11 is 0. The first kappa shape index (κ1) is 20.2. The highest BCUT2D eigenvalue weighted by molar-refractivity contribution is 6.06. The molecular weight excluding hydrogens is 376 g/mol. The first-order valence-corrected chi connectivity index (χ1v) is 10.7. The van der Waals surface area contributed by atoms with Crippen LogP contribution in [-0.4, -0.2) is 49.4 Å². The largest absolute Gasteiger partial charge is 0.378 e. The Kier molecular flexibility index (Phi) is 6.18. The molecule has 158 valence electrons. The van der Waals surface area contributed by atoms with Gasteiger partial charge in [-0.1, -0.05) is 38.1 Å². The Labute approximate surface area is 178 Å². The van der Waals surface area contributed by atoms with Gasteiger partial charge in [-0.05, 0) is 48.2 Å². The molecule has 1 fully saturated rings. The van der Waals surface area contributed by atoms with E-state index in [9.17, 15) is 0 Å². The molecule has 1 saturated heterocycles. The van der Waals surface area contributed by atoms with Gasteiger partial charge in [0.2, 0.25) is 18.2 Å². The van der Waals surface area contributed by atoms with Crippen LogP contribution in [0.5, 0.6) is 0 Å². The van der Waals surface area contributed by atoms with Gasteiger partial charge in [-0.15, -0.1) is 0 Å². The van der Waals surface area contributed by atoms with Crippen LogP contribution < -0.4 is 16.0 Å². The molecule has 2 aliphatic heterocycles. The number of rotatable bonds is 5. The second-order valence-electron chi connectivity index (χ2n) is 7.46. The molecule has 3 N–H and O–H groups in total. The highest BCUT2D eigenvalue weighted by Crippen LogP contribution is 2.25. The molecule has 0 amide bonds. The lowest BCUT2D eigenvalue weighted by molar-refractivity contribution is 0.0671. The lowest BCUT2D eigenvalue weighted by Crippen LogP contribution is -2.57. The number of ether oxygens (including phenoxy) is 1. The van der Waals surface area contributed by atoms with Crippen molar-refractivity contribution in [3.63, 3.8) is 0 Å². The van der Waals surface area contributed by atoms with E-state index in [-0.39, 0.29) is 12.2 Å². The Bertz CT molecular complexity index is 900. The maximum atomic E-state index is 6.15. The number of benzene rings is 2. The molecule has 2 aromatic carbocycles. The molecule has 7 heteroatoms. The molecule has 4 rings (SSSR count). The third-order valence-electron chi connectivity index (χ3n) is 5.50. The van der Waals surface area contributed by atoms with Crippen molar-refractivity contribution >= 4 is 23.3 Å². The topological polar surface area (TPSA) is 78.5 Å². The standard InChI is InChI=1S/C23H30N6O/c1-3-17-5-9-19(10-6-17)25-22-26-21(24)27-23(28-13-15-30-16-14-28)29(22)20-11-7-18(4-2)8-12-20/h5-12,22,25H,3-4,13-16H2,1-2H3,(H2,24,26). The van der Waals surface area contributed by atoms with Crippen molar-refractivity contribution in [1.29, 1.82) is 0 Å². The van der Waals surface area contributed by atoms with Gasteiger partial charge in [0, 0.05) is 24.5 Å². The first-order valence-electron chi connectivity index (χ1n) is 10.7. The van der Waals surface area contributed by atoms with E-state index in [1.807, 2.05) is 0 Å². The number of nitrogens with one attached hydrogen (secondary N) is 1. The maximum absolute atomic E-state index is 6.15. The summed E-state index contributed by atoms with van der Waals surface area (Å²) in [5, 5.41) is 3.53. The van der Waals surface area contributed by atoms with Gasteiger partial charge in [0.25, 0.3) is 0 Å². The Morgan fingerprint density at radius 1 is 0.967 bits per heavy atom. The number of hydrogen-bond acceptors (Lipinski definition) is 7. The van der Waals surface area contributed by atoms with Crippen LogP contribution in [-0.2, 0) is 17.6 Å². The molecule has 2 aliphatic rings. The fourth-order valence-electron chi connectivity index (χ4n) is 3.70. The molecule has 1 atom stereocenters. The molecule has 0 aliphatic carbocycles. The van der Waals surface area contributed by atoms with E-state index in [1.165, 1.54) is 11.1 Å². The average Bonchev–Trinajstić information content (AvgIpc) is 2.80. The van der Waals surface area contributed by atoms with Crippen LogP contribution in [0.4, 0.5) is 11.4 Å². The van der Waals surface area contributed by atoms with Crippen LogP contribution in [0.15, 0.2) is 58.5 Å². The second kappa shape index (κ2) is 9.17. The van der Waals surface area contributed by atoms with Crippen molar-refractivity contribution in [1.82, 2.24) is 4.90 Å². The Balaban J connectivity index is 1.68. The van der Waals surface area contributed by atoms with Gasteiger partial charge >= 0.3 is 0 Å². The van der Waals surface area contributed by atoms with Crippen LogP contribution in [0.2, 0.25) is 0 Å². The molecule has 7 nitrogen and oxygen atoms in total. The minimum atomic E-state index is -0.389. The Hall–Kier alpha value is -3.06. The summed E-state index contributed by atoms with van der Waals surface area (Å²) in [5.41, 5.74) is 10.8. The van der Waals surface area contributed by atoms with Crippen molar-refractivity contribution in [3.05, 3.63) is 59.7 Å². The van der Waals surface area contributed by atoms with Crippen LogP contribution in [0.3, 0.4) is 0 Å². The smallest absolute Gasteiger partial charge is 0.222 e. The highest BCUT2D eigenvalue weighted by Gasteiger charge is 2.32. The van der Waals surface area contributed by atoms with E-state index in [4.69, 9.17) is 10.5 Å². The molecule has 0 radical (unpaired) electrons. The molecular formula is C23H30N6O. The number of aryl methyl sites for hydroxylation is 2. The minimum absolute atomic E-state index is 0.278. The van der Waals surface area contributed by atoms with E-state index in [0.717, 1.165) is 43.3 Å². The molecule has 1 unspecified atom stereocenters.